The Bertz CT molecular complexity index is 619. The molecule has 19 heavy (non-hydrogen) atoms. The third kappa shape index (κ3) is 3.10. The van der Waals surface area contributed by atoms with Crippen molar-refractivity contribution in [2.45, 2.75) is 6.10 Å². The van der Waals surface area contributed by atoms with Crippen molar-refractivity contribution >= 4 is 17.2 Å². The molecule has 0 aliphatic rings. The van der Waals surface area contributed by atoms with E-state index < -0.39 is 12.0 Å². The predicted molar refractivity (Wildman–Crippen MR) is 73.3 cm³/mol. The maximum absolute atomic E-state index is 11.9. The van der Waals surface area contributed by atoms with Crippen LogP contribution in [0.15, 0.2) is 40.6 Å². The van der Waals surface area contributed by atoms with Gasteiger partial charge in [0.15, 0.2) is 0 Å². The fourth-order valence-corrected chi connectivity index (χ4v) is 2.35. The minimum atomic E-state index is -0.753. The first-order valence-electron chi connectivity index (χ1n) is 5.75. The van der Waals surface area contributed by atoms with Gasteiger partial charge in [0.1, 0.15) is 11.7 Å². The molecular formula is C13H14N2O3S. The molecule has 0 fully saturated rings. The fraction of sp³-hybridized carbons (Fsp3) is 0.231. The largest absolute Gasteiger partial charge is 0.386 e. The summed E-state index contributed by atoms with van der Waals surface area (Å²) >= 11 is 1.42. The molecule has 0 radical (unpaired) electrons. The minimum absolute atomic E-state index is 0.0726. The zero-order chi connectivity index (χ0) is 13.8. The standard InChI is InChI=1S/C13H14N2O3S/c1-15-6-2-4-9(13(15)18)12(17)14-8-10(16)11-5-3-7-19-11/h2-7,10,16H,8H2,1H3,(H,14,17). The van der Waals surface area contributed by atoms with Crippen molar-refractivity contribution in [3.05, 3.63) is 56.6 Å². The Hall–Kier alpha value is -1.92. The summed E-state index contributed by atoms with van der Waals surface area (Å²) in [6.45, 7) is 0.0807. The number of pyridine rings is 1. The molecule has 0 aliphatic heterocycles. The van der Waals surface area contributed by atoms with Gasteiger partial charge in [-0.1, -0.05) is 6.07 Å². The molecule has 2 N–H and O–H groups in total. The molecule has 5 nitrogen and oxygen atoms in total. The lowest BCUT2D eigenvalue weighted by atomic mass is 10.2. The van der Waals surface area contributed by atoms with Gasteiger partial charge in [0, 0.05) is 24.7 Å². The van der Waals surface area contributed by atoms with E-state index in [-0.39, 0.29) is 17.7 Å². The molecule has 2 aromatic rings. The van der Waals surface area contributed by atoms with E-state index in [0.717, 1.165) is 4.88 Å². The van der Waals surface area contributed by atoms with Crippen molar-refractivity contribution in [3.8, 4) is 0 Å². The van der Waals surface area contributed by atoms with Gasteiger partial charge in [0.25, 0.3) is 11.5 Å². The second kappa shape index (κ2) is 5.81. The molecule has 1 amide bonds. The number of amides is 1. The first-order valence-corrected chi connectivity index (χ1v) is 6.63. The molecule has 0 saturated carbocycles. The van der Waals surface area contributed by atoms with Crippen molar-refractivity contribution in [2.24, 2.45) is 7.05 Å². The van der Waals surface area contributed by atoms with E-state index in [1.165, 1.54) is 22.0 Å². The van der Waals surface area contributed by atoms with Gasteiger partial charge in [0.05, 0.1) is 0 Å². The average molecular weight is 278 g/mol. The van der Waals surface area contributed by atoms with Crippen LogP contribution in [0.3, 0.4) is 0 Å². The molecule has 1 unspecified atom stereocenters. The fourth-order valence-electron chi connectivity index (χ4n) is 1.64. The smallest absolute Gasteiger partial charge is 0.263 e. The topological polar surface area (TPSA) is 71.3 Å². The maximum atomic E-state index is 11.9. The number of aromatic nitrogens is 1. The van der Waals surface area contributed by atoms with Crippen LogP contribution in [0.1, 0.15) is 21.3 Å². The number of thiophene rings is 1. The Morgan fingerprint density at radius 1 is 1.47 bits per heavy atom. The lowest BCUT2D eigenvalue weighted by Gasteiger charge is -2.10. The highest BCUT2D eigenvalue weighted by atomic mass is 32.1. The third-order valence-corrected chi connectivity index (χ3v) is 3.67. The van der Waals surface area contributed by atoms with Crippen LogP contribution in [-0.2, 0) is 7.05 Å². The highest BCUT2D eigenvalue weighted by Crippen LogP contribution is 2.17. The first-order chi connectivity index (χ1) is 9.09. The van der Waals surface area contributed by atoms with Crippen molar-refractivity contribution in [1.29, 1.82) is 0 Å². The number of carbonyl (C=O) groups is 1. The number of carbonyl (C=O) groups excluding carboxylic acids is 1. The van der Waals surface area contributed by atoms with Crippen LogP contribution < -0.4 is 10.9 Å². The number of aliphatic hydroxyl groups is 1. The van der Waals surface area contributed by atoms with E-state index in [1.807, 2.05) is 11.4 Å². The molecular weight excluding hydrogens is 264 g/mol. The van der Waals surface area contributed by atoms with E-state index in [9.17, 15) is 14.7 Å². The molecule has 2 rings (SSSR count). The predicted octanol–water partition coefficient (Wildman–Crippen LogP) is 0.910. The second-order valence-electron chi connectivity index (χ2n) is 4.08. The van der Waals surface area contributed by atoms with Gasteiger partial charge in [-0.2, -0.15) is 0 Å². The van der Waals surface area contributed by atoms with Gasteiger partial charge in [-0.25, -0.2) is 0 Å². The summed E-state index contributed by atoms with van der Waals surface area (Å²) in [5, 5.41) is 14.3. The summed E-state index contributed by atoms with van der Waals surface area (Å²) < 4.78 is 1.34. The Balaban J connectivity index is 2.02. The Kier molecular flexibility index (Phi) is 4.13. The molecule has 6 heteroatoms. The van der Waals surface area contributed by atoms with Gasteiger partial charge in [-0.05, 0) is 23.6 Å². The van der Waals surface area contributed by atoms with Crippen molar-refractivity contribution in [2.75, 3.05) is 6.54 Å². The third-order valence-electron chi connectivity index (χ3n) is 2.70. The number of hydrogen-bond acceptors (Lipinski definition) is 4. The van der Waals surface area contributed by atoms with Gasteiger partial charge in [-0.3, -0.25) is 9.59 Å². The summed E-state index contributed by atoms with van der Waals surface area (Å²) in [5.74, 6) is -0.475. The van der Waals surface area contributed by atoms with Crippen LogP contribution in [0.2, 0.25) is 0 Å². The van der Waals surface area contributed by atoms with Crippen LogP contribution in [-0.4, -0.2) is 22.1 Å². The Labute approximate surface area is 114 Å². The summed E-state index contributed by atoms with van der Waals surface area (Å²) in [6, 6.07) is 6.72. The Morgan fingerprint density at radius 2 is 2.26 bits per heavy atom. The zero-order valence-electron chi connectivity index (χ0n) is 10.4. The molecule has 0 aliphatic carbocycles. The van der Waals surface area contributed by atoms with Crippen LogP contribution in [0.4, 0.5) is 0 Å². The number of nitrogens with zero attached hydrogens (tertiary/aromatic N) is 1. The summed E-state index contributed by atoms with van der Waals surface area (Å²) in [5.41, 5.74) is -0.283. The van der Waals surface area contributed by atoms with Gasteiger partial charge >= 0.3 is 0 Å². The van der Waals surface area contributed by atoms with Crippen molar-refractivity contribution in [1.82, 2.24) is 9.88 Å². The van der Waals surface area contributed by atoms with Gasteiger partial charge in [-0.15, -0.1) is 11.3 Å². The number of aliphatic hydroxyl groups excluding tert-OH is 1. The molecule has 0 spiro atoms. The van der Waals surface area contributed by atoms with E-state index in [0.29, 0.717) is 0 Å². The van der Waals surface area contributed by atoms with E-state index in [1.54, 1.807) is 25.4 Å². The monoisotopic (exact) mass is 278 g/mol. The molecule has 0 bridgehead atoms. The van der Waals surface area contributed by atoms with Crippen molar-refractivity contribution < 1.29 is 9.90 Å². The number of hydrogen-bond donors (Lipinski definition) is 2. The highest BCUT2D eigenvalue weighted by Gasteiger charge is 2.14. The number of aryl methyl sites for hydroxylation is 1. The normalized spacial score (nSPS) is 12.1. The minimum Gasteiger partial charge on any atom is -0.386 e. The maximum Gasteiger partial charge on any atom is 0.263 e. The molecule has 100 valence electrons. The lowest BCUT2D eigenvalue weighted by Crippen LogP contribution is -2.34. The molecule has 1 atom stereocenters. The van der Waals surface area contributed by atoms with Crippen LogP contribution >= 0.6 is 11.3 Å². The Morgan fingerprint density at radius 3 is 2.95 bits per heavy atom. The first kappa shape index (κ1) is 13.5. The quantitative estimate of drug-likeness (QED) is 0.873. The second-order valence-corrected chi connectivity index (χ2v) is 5.06. The van der Waals surface area contributed by atoms with E-state index in [4.69, 9.17) is 0 Å². The van der Waals surface area contributed by atoms with Crippen LogP contribution in [0.5, 0.6) is 0 Å². The molecule has 2 aromatic heterocycles. The van der Waals surface area contributed by atoms with Crippen molar-refractivity contribution in [3.63, 3.8) is 0 Å². The van der Waals surface area contributed by atoms with E-state index in [2.05, 4.69) is 5.32 Å². The van der Waals surface area contributed by atoms with Crippen LogP contribution in [0.25, 0.3) is 0 Å². The summed E-state index contributed by atoms with van der Waals surface area (Å²) in [7, 11) is 1.58. The summed E-state index contributed by atoms with van der Waals surface area (Å²) in [6.07, 6.45) is 0.830. The lowest BCUT2D eigenvalue weighted by molar-refractivity contribution is 0.0916. The molecule has 0 aromatic carbocycles. The molecule has 0 saturated heterocycles. The zero-order valence-corrected chi connectivity index (χ0v) is 11.2. The highest BCUT2D eigenvalue weighted by molar-refractivity contribution is 7.10. The average Bonchev–Trinajstić information content (AvgIpc) is 2.93. The van der Waals surface area contributed by atoms with Crippen LogP contribution in [0, 0.1) is 0 Å². The van der Waals surface area contributed by atoms with Gasteiger partial charge < -0.3 is 15.0 Å². The van der Waals surface area contributed by atoms with Gasteiger partial charge in [0.2, 0.25) is 0 Å². The SMILES string of the molecule is Cn1cccc(C(=O)NCC(O)c2cccs2)c1=O. The number of nitrogens with one attached hydrogen (secondary N) is 1. The van der Waals surface area contributed by atoms with E-state index >= 15 is 0 Å². The number of rotatable bonds is 4. The molecule has 2 heterocycles. The summed E-state index contributed by atoms with van der Waals surface area (Å²) in [4.78, 5) is 24.4.